The Hall–Kier alpha value is 0.190. The smallest absolute Gasteiger partial charge is 0.200 e. The predicted octanol–water partition coefficient (Wildman–Crippen LogP) is 8.19. The summed E-state index contributed by atoms with van der Waals surface area (Å²) in [6, 6.07) is 0. The van der Waals surface area contributed by atoms with E-state index in [1.807, 2.05) is 6.66 Å². The van der Waals surface area contributed by atoms with Crippen LogP contribution in [0.3, 0.4) is 0 Å². The summed E-state index contributed by atoms with van der Waals surface area (Å²) in [7, 11) is -2.33. The van der Waals surface area contributed by atoms with Gasteiger partial charge in [-0.1, -0.05) is 104 Å². The van der Waals surface area contributed by atoms with Crippen LogP contribution >= 0.6 is 7.37 Å². The maximum absolute atomic E-state index is 12.4. The number of hydrogen-bond acceptors (Lipinski definition) is 2. The monoisotopic (exact) mass is 360 g/mol. The molecule has 0 aromatic rings. The van der Waals surface area contributed by atoms with E-state index in [0.717, 1.165) is 19.0 Å². The van der Waals surface area contributed by atoms with E-state index in [1.165, 1.54) is 89.9 Å². The Morgan fingerprint density at radius 2 is 0.958 bits per heavy atom. The standard InChI is InChI=1S/C21H45O2P/c1-4-6-8-10-12-14-16-18-20-23-24(3,22)21-19-17-15-13-11-9-7-5-2/h4-21H2,1-3H3. The van der Waals surface area contributed by atoms with Gasteiger partial charge in [0.15, 0.2) is 7.37 Å². The Bertz CT molecular complexity index is 292. The van der Waals surface area contributed by atoms with Crippen LogP contribution in [-0.4, -0.2) is 19.4 Å². The Labute approximate surface area is 153 Å². The zero-order valence-corrected chi connectivity index (χ0v) is 17.9. The van der Waals surface area contributed by atoms with Crippen molar-refractivity contribution >= 4 is 7.37 Å². The van der Waals surface area contributed by atoms with E-state index in [-0.39, 0.29) is 0 Å². The number of hydrogen-bond donors (Lipinski definition) is 0. The lowest BCUT2D eigenvalue weighted by Crippen LogP contribution is -1.97. The Balaban J connectivity index is 3.34. The minimum Gasteiger partial charge on any atom is -0.329 e. The minimum absolute atomic E-state index is 0.694. The third-order valence-corrected chi connectivity index (χ3v) is 6.64. The first-order valence-electron chi connectivity index (χ1n) is 10.8. The van der Waals surface area contributed by atoms with E-state index in [9.17, 15) is 4.57 Å². The van der Waals surface area contributed by atoms with Gasteiger partial charge in [-0.15, -0.1) is 0 Å². The highest BCUT2D eigenvalue weighted by Crippen LogP contribution is 2.43. The minimum atomic E-state index is -2.33. The molecule has 0 radical (unpaired) electrons. The van der Waals surface area contributed by atoms with Crippen molar-refractivity contribution in [1.82, 2.24) is 0 Å². The first kappa shape index (κ1) is 24.2. The van der Waals surface area contributed by atoms with Crippen molar-refractivity contribution in [3.8, 4) is 0 Å². The van der Waals surface area contributed by atoms with Crippen molar-refractivity contribution in [2.45, 2.75) is 117 Å². The quantitative estimate of drug-likeness (QED) is 0.171. The van der Waals surface area contributed by atoms with Crippen LogP contribution in [0.2, 0.25) is 0 Å². The van der Waals surface area contributed by atoms with E-state index in [0.29, 0.717) is 6.61 Å². The Morgan fingerprint density at radius 3 is 1.42 bits per heavy atom. The molecule has 3 heteroatoms. The van der Waals surface area contributed by atoms with E-state index >= 15 is 0 Å². The summed E-state index contributed by atoms with van der Waals surface area (Å²) in [4.78, 5) is 0. The van der Waals surface area contributed by atoms with Crippen LogP contribution in [0.1, 0.15) is 117 Å². The highest BCUT2D eigenvalue weighted by atomic mass is 31.2. The van der Waals surface area contributed by atoms with Gasteiger partial charge < -0.3 is 4.52 Å². The second-order valence-electron chi connectivity index (χ2n) is 7.52. The molecule has 1 atom stereocenters. The van der Waals surface area contributed by atoms with Crippen LogP contribution in [0.4, 0.5) is 0 Å². The van der Waals surface area contributed by atoms with Gasteiger partial charge in [-0.3, -0.25) is 4.57 Å². The van der Waals surface area contributed by atoms with Gasteiger partial charge in [0.1, 0.15) is 0 Å². The van der Waals surface area contributed by atoms with Gasteiger partial charge in [0.2, 0.25) is 0 Å². The largest absolute Gasteiger partial charge is 0.329 e. The molecule has 0 fully saturated rings. The molecule has 0 amide bonds. The first-order chi connectivity index (χ1) is 11.6. The summed E-state index contributed by atoms with van der Waals surface area (Å²) in [6.45, 7) is 7.04. The van der Waals surface area contributed by atoms with E-state index < -0.39 is 7.37 Å². The molecule has 0 aliphatic heterocycles. The van der Waals surface area contributed by atoms with Crippen LogP contribution in [0.15, 0.2) is 0 Å². The average molecular weight is 361 g/mol. The van der Waals surface area contributed by atoms with Gasteiger partial charge in [0, 0.05) is 12.8 Å². The van der Waals surface area contributed by atoms with Gasteiger partial charge >= 0.3 is 0 Å². The summed E-state index contributed by atoms with van der Waals surface area (Å²) in [5.41, 5.74) is 0. The summed E-state index contributed by atoms with van der Waals surface area (Å²) in [6.07, 6.45) is 21.5. The lowest BCUT2D eigenvalue weighted by atomic mass is 10.1. The molecule has 0 heterocycles. The SMILES string of the molecule is CCCCCCCCCCOP(C)(=O)CCCCCCCCCC. The fourth-order valence-corrected chi connectivity index (χ4v) is 4.53. The molecule has 0 saturated heterocycles. The highest BCUT2D eigenvalue weighted by Gasteiger charge is 2.14. The van der Waals surface area contributed by atoms with Crippen LogP contribution in [0.5, 0.6) is 0 Å². The van der Waals surface area contributed by atoms with Crippen LogP contribution in [0, 0.1) is 0 Å². The molecule has 0 aromatic carbocycles. The molecule has 0 bridgehead atoms. The van der Waals surface area contributed by atoms with Crippen LogP contribution in [-0.2, 0) is 9.09 Å². The van der Waals surface area contributed by atoms with Crippen molar-refractivity contribution in [3.05, 3.63) is 0 Å². The second-order valence-corrected chi connectivity index (χ2v) is 10.3. The van der Waals surface area contributed by atoms with E-state index in [2.05, 4.69) is 13.8 Å². The molecule has 0 aliphatic carbocycles. The number of rotatable bonds is 19. The van der Waals surface area contributed by atoms with Gasteiger partial charge in [0.25, 0.3) is 0 Å². The molecule has 1 unspecified atom stereocenters. The van der Waals surface area contributed by atoms with Crippen molar-refractivity contribution in [2.75, 3.05) is 19.4 Å². The maximum atomic E-state index is 12.4. The molecule has 0 aromatic heterocycles. The predicted molar refractivity (Wildman–Crippen MR) is 110 cm³/mol. The molecule has 0 N–H and O–H groups in total. The zero-order chi connectivity index (χ0) is 17.9. The van der Waals surface area contributed by atoms with E-state index in [4.69, 9.17) is 4.52 Å². The third-order valence-electron chi connectivity index (χ3n) is 4.78. The lowest BCUT2D eigenvalue weighted by Gasteiger charge is -2.13. The van der Waals surface area contributed by atoms with E-state index in [1.54, 1.807) is 0 Å². The number of unbranched alkanes of at least 4 members (excludes halogenated alkanes) is 14. The average Bonchev–Trinajstić information content (AvgIpc) is 2.55. The molecule has 146 valence electrons. The van der Waals surface area contributed by atoms with Crippen LogP contribution in [0.25, 0.3) is 0 Å². The summed E-state index contributed by atoms with van der Waals surface area (Å²) < 4.78 is 18.1. The summed E-state index contributed by atoms with van der Waals surface area (Å²) >= 11 is 0. The first-order valence-corrected chi connectivity index (χ1v) is 13.1. The van der Waals surface area contributed by atoms with Crippen LogP contribution < -0.4 is 0 Å². The second kappa shape index (κ2) is 18.0. The summed E-state index contributed by atoms with van der Waals surface area (Å²) in [5, 5.41) is 0. The highest BCUT2D eigenvalue weighted by molar-refractivity contribution is 7.58. The molecular formula is C21H45O2P. The molecule has 2 nitrogen and oxygen atoms in total. The summed E-state index contributed by atoms with van der Waals surface area (Å²) in [5.74, 6) is 0. The Morgan fingerprint density at radius 1 is 0.583 bits per heavy atom. The van der Waals surface area contributed by atoms with Crippen molar-refractivity contribution in [1.29, 1.82) is 0 Å². The zero-order valence-electron chi connectivity index (χ0n) is 17.0. The van der Waals surface area contributed by atoms with Gasteiger partial charge in [-0.05, 0) is 12.8 Å². The molecule has 0 spiro atoms. The molecule has 0 aliphatic rings. The normalized spacial score (nSPS) is 14.0. The van der Waals surface area contributed by atoms with Crippen molar-refractivity contribution < 1.29 is 9.09 Å². The molecule has 0 rings (SSSR count). The van der Waals surface area contributed by atoms with Gasteiger partial charge in [-0.25, -0.2) is 0 Å². The lowest BCUT2D eigenvalue weighted by molar-refractivity contribution is 0.304. The maximum Gasteiger partial charge on any atom is 0.200 e. The Kier molecular flexibility index (Phi) is 18.1. The molecular weight excluding hydrogens is 315 g/mol. The molecule has 0 saturated carbocycles. The third kappa shape index (κ3) is 18.5. The van der Waals surface area contributed by atoms with Gasteiger partial charge in [0.05, 0.1) is 6.61 Å². The van der Waals surface area contributed by atoms with Crippen molar-refractivity contribution in [2.24, 2.45) is 0 Å². The van der Waals surface area contributed by atoms with Crippen molar-refractivity contribution in [3.63, 3.8) is 0 Å². The van der Waals surface area contributed by atoms with Gasteiger partial charge in [-0.2, -0.15) is 0 Å². The fourth-order valence-electron chi connectivity index (χ4n) is 3.09. The topological polar surface area (TPSA) is 26.3 Å². The fraction of sp³-hybridized carbons (Fsp3) is 1.00. The molecule has 24 heavy (non-hydrogen) atoms.